The summed E-state index contributed by atoms with van der Waals surface area (Å²) in [6, 6.07) is 11.2. The maximum absolute atomic E-state index is 6.06. The zero-order valence-electron chi connectivity index (χ0n) is 16.3. The second kappa shape index (κ2) is 10.1. The number of rotatable bonds is 9. The summed E-state index contributed by atoms with van der Waals surface area (Å²) in [7, 11) is 0. The maximum Gasteiger partial charge on any atom is 0.189 e. The molecule has 1 aromatic carbocycles. The van der Waals surface area contributed by atoms with Gasteiger partial charge in [-0.2, -0.15) is 0 Å². The molecule has 1 fully saturated rings. The van der Waals surface area contributed by atoms with Gasteiger partial charge >= 0.3 is 0 Å². The molecular formula is C21H32N6. The Balaban J connectivity index is 1.43. The van der Waals surface area contributed by atoms with E-state index >= 15 is 0 Å². The fourth-order valence-electron chi connectivity index (χ4n) is 3.77. The third-order valence-corrected chi connectivity index (χ3v) is 5.32. The minimum atomic E-state index is 0.511. The summed E-state index contributed by atoms with van der Waals surface area (Å²) < 4.78 is 2.18. The highest BCUT2D eigenvalue weighted by atomic mass is 15.2. The molecular weight excluding hydrogens is 336 g/mol. The van der Waals surface area contributed by atoms with E-state index < -0.39 is 0 Å². The molecule has 1 aliphatic heterocycles. The average Bonchev–Trinajstić information content (AvgIpc) is 3.34. The van der Waals surface area contributed by atoms with Gasteiger partial charge < -0.3 is 15.6 Å². The standard InChI is InChI=1S/C21H32N6/c1-2-26-13-7-11-19(26)16-24-21(22)25-17-20-23-12-15-27(20)14-6-10-18-8-4-3-5-9-18/h3-5,8-9,12,15,19H,2,6-7,10-11,13-14,16-17H2,1H3,(H3,22,24,25). The van der Waals surface area contributed by atoms with Crippen molar-refractivity contribution in [3.8, 4) is 0 Å². The lowest BCUT2D eigenvalue weighted by Crippen LogP contribution is -2.42. The molecule has 1 saturated heterocycles. The van der Waals surface area contributed by atoms with Crippen molar-refractivity contribution >= 4 is 5.96 Å². The first kappa shape index (κ1) is 19.4. The van der Waals surface area contributed by atoms with Gasteiger partial charge in [0.2, 0.25) is 0 Å². The van der Waals surface area contributed by atoms with Crippen LogP contribution in [0.1, 0.15) is 37.6 Å². The van der Waals surface area contributed by atoms with Gasteiger partial charge in [-0.05, 0) is 44.3 Å². The molecule has 1 unspecified atom stereocenters. The molecule has 0 aliphatic carbocycles. The molecule has 0 saturated carbocycles. The molecule has 146 valence electrons. The van der Waals surface area contributed by atoms with Crippen LogP contribution in [0.15, 0.2) is 47.7 Å². The molecule has 1 aromatic heterocycles. The first-order chi connectivity index (χ1) is 13.3. The molecule has 2 aromatic rings. The smallest absolute Gasteiger partial charge is 0.189 e. The fourth-order valence-corrected chi connectivity index (χ4v) is 3.77. The molecule has 6 nitrogen and oxygen atoms in total. The highest BCUT2D eigenvalue weighted by Crippen LogP contribution is 2.15. The summed E-state index contributed by atoms with van der Waals surface area (Å²) in [6.45, 7) is 6.84. The minimum Gasteiger partial charge on any atom is -0.370 e. The monoisotopic (exact) mass is 368 g/mol. The number of hydrogen-bond acceptors (Lipinski definition) is 3. The number of nitrogens with two attached hydrogens (primary N) is 1. The van der Waals surface area contributed by atoms with Gasteiger partial charge in [0.05, 0.1) is 0 Å². The third-order valence-electron chi connectivity index (χ3n) is 5.32. The molecule has 0 spiro atoms. The van der Waals surface area contributed by atoms with Crippen LogP contribution in [0.2, 0.25) is 0 Å². The second-order valence-corrected chi connectivity index (χ2v) is 7.13. The minimum absolute atomic E-state index is 0.511. The third kappa shape index (κ3) is 5.82. The van der Waals surface area contributed by atoms with E-state index in [1.807, 2.05) is 12.4 Å². The summed E-state index contributed by atoms with van der Waals surface area (Å²) in [6.07, 6.45) is 8.53. The van der Waals surface area contributed by atoms with E-state index in [9.17, 15) is 0 Å². The number of aryl methyl sites for hydroxylation is 2. The van der Waals surface area contributed by atoms with Gasteiger partial charge in [-0.15, -0.1) is 0 Å². The number of aliphatic imine (C=N–C) groups is 1. The Bertz CT molecular complexity index is 708. The Hall–Kier alpha value is -2.34. The predicted molar refractivity (Wildman–Crippen MR) is 111 cm³/mol. The van der Waals surface area contributed by atoms with Crippen LogP contribution in [0.25, 0.3) is 0 Å². The van der Waals surface area contributed by atoms with Gasteiger partial charge in [0.25, 0.3) is 0 Å². The topological polar surface area (TPSA) is 71.5 Å². The number of likely N-dealkylation sites (tertiary alicyclic amines) is 1. The van der Waals surface area contributed by atoms with E-state index in [4.69, 9.17) is 5.73 Å². The predicted octanol–water partition coefficient (Wildman–Crippen LogP) is 2.40. The van der Waals surface area contributed by atoms with Gasteiger partial charge in [-0.1, -0.05) is 37.3 Å². The Morgan fingerprint density at radius 1 is 1.33 bits per heavy atom. The van der Waals surface area contributed by atoms with Crippen LogP contribution in [-0.2, 0) is 19.5 Å². The van der Waals surface area contributed by atoms with Gasteiger partial charge in [-0.25, -0.2) is 9.98 Å². The van der Waals surface area contributed by atoms with Crippen molar-refractivity contribution in [1.82, 2.24) is 19.8 Å². The molecule has 2 heterocycles. The van der Waals surface area contributed by atoms with E-state index in [2.05, 4.69) is 62.0 Å². The van der Waals surface area contributed by atoms with Gasteiger partial charge in [-0.3, -0.25) is 4.90 Å². The Morgan fingerprint density at radius 3 is 3.00 bits per heavy atom. The lowest BCUT2D eigenvalue weighted by Gasteiger charge is -2.23. The van der Waals surface area contributed by atoms with Crippen LogP contribution in [-0.4, -0.2) is 46.1 Å². The number of guanidine groups is 1. The van der Waals surface area contributed by atoms with Gasteiger partial charge in [0, 0.05) is 31.5 Å². The zero-order chi connectivity index (χ0) is 18.9. The van der Waals surface area contributed by atoms with Crippen LogP contribution >= 0.6 is 0 Å². The van der Waals surface area contributed by atoms with Crippen molar-refractivity contribution in [3.63, 3.8) is 0 Å². The molecule has 0 radical (unpaired) electrons. The lowest BCUT2D eigenvalue weighted by molar-refractivity contribution is 0.267. The van der Waals surface area contributed by atoms with E-state index in [0.717, 1.165) is 38.3 Å². The summed E-state index contributed by atoms with van der Waals surface area (Å²) in [5, 5.41) is 3.28. The van der Waals surface area contributed by atoms with Gasteiger partial charge in [0.15, 0.2) is 5.96 Å². The SMILES string of the molecule is CCN1CCCC1CNC(N)=NCc1nccn1CCCc1ccccc1. The van der Waals surface area contributed by atoms with Crippen LogP contribution in [0.4, 0.5) is 0 Å². The normalized spacial score (nSPS) is 18.1. The first-order valence-corrected chi connectivity index (χ1v) is 10.1. The number of nitrogens with one attached hydrogen (secondary N) is 1. The Kier molecular flexibility index (Phi) is 7.27. The fraction of sp³-hybridized carbons (Fsp3) is 0.524. The number of hydrogen-bond donors (Lipinski definition) is 2. The summed E-state index contributed by atoms with van der Waals surface area (Å²) in [5.74, 6) is 1.47. The van der Waals surface area contributed by atoms with E-state index in [0.29, 0.717) is 18.5 Å². The van der Waals surface area contributed by atoms with Crippen molar-refractivity contribution in [2.45, 2.75) is 51.7 Å². The number of benzene rings is 1. The van der Waals surface area contributed by atoms with Crippen LogP contribution in [0.3, 0.4) is 0 Å². The summed E-state index contributed by atoms with van der Waals surface area (Å²) >= 11 is 0. The van der Waals surface area contributed by atoms with Gasteiger partial charge in [0.1, 0.15) is 12.4 Å². The summed E-state index contributed by atoms with van der Waals surface area (Å²) in [4.78, 5) is 11.4. The van der Waals surface area contributed by atoms with Crippen molar-refractivity contribution in [2.24, 2.45) is 10.7 Å². The molecule has 3 N–H and O–H groups in total. The van der Waals surface area contributed by atoms with Crippen molar-refractivity contribution in [1.29, 1.82) is 0 Å². The highest BCUT2D eigenvalue weighted by Gasteiger charge is 2.22. The molecule has 0 bridgehead atoms. The Morgan fingerprint density at radius 2 is 2.19 bits per heavy atom. The van der Waals surface area contributed by atoms with Crippen LogP contribution < -0.4 is 11.1 Å². The molecule has 6 heteroatoms. The number of likely N-dealkylation sites (N-methyl/N-ethyl adjacent to an activating group) is 1. The van der Waals surface area contributed by atoms with E-state index in [1.165, 1.54) is 24.9 Å². The molecule has 27 heavy (non-hydrogen) atoms. The zero-order valence-corrected chi connectivity index (χ0v) is 16.3. The molecule has 1 aliphatic rings. The molecule has 3 rings (SSSR count). The van der Waals surface area contributed by atoms with Crippen molar-refractivity contribution in [2.75, 3.05) is 19.6 Å². The largest absolute Gasteiger partial charge is 0.370 e. The number of imidazole rings is 1. The molecule has 0 amide bonds. The molecule has 1 atom stereocenters. The quantitative estimate of drug-likeness (QED) is 0.527. The van der Waals surface area contributed by atoms with Crippen LogP contribution in [0, 0.1) is 0 Å². The van der Waals surface area contributed by atoms with Crippen molar-refractivity contribution in [3.05, 3.63) is 54.1 Å². The summed E-state index contributed by atoms with van der Waals surface area (Å²) in [5.41, 5.74) is 7.44. The van der Waals surface area contributed by atoms with E-state index in [1.54, 1.807) is 0 Å². The van der Waals surface area contributed by atoms with E-state index in [-0.39, 0.29) is 0 Å². The average molecular weight is 369 g/mol. The lowest BCUT2D eigenvalue weighted by atomic mass is 10.1. The first-order valence-electron chi connectivity index (χ1n) is 10.1. The van der Waals surface area contributed by atoms with Crippen molar-refractivity contribution < 1.29 is 0 Å². The van der Waals surface area contributed by atoms with Crippen LogP contribution in [0.5, 0.6) is 0 Å². The maximum atomic E-state index is 6.06. The Labute approximate surface area is 162 Å². The number of nitrogens with zero attached hydrogens (tertiary/aromatic N) is 4. The second-order valence-electron chi connectivity index (χ2n) is 7.13. The highest BCUT2D eigenvalue weighted by molar-refractivity contribution is 5.77. The number of aromatic nitrogens is 2.